The summed E-state index contributed by atoms with van der Waals surface area (Å²) < 4.78 is 0. The van der Waals surface area contributed by atoms with Crippen LogP contribution in [0, 0.1) is 0 Å². The zero-order valence-electron chi connectivity index (χ0n) is 13.0. The number of hydrogen-bond donors (Lipinski definition) is 4. The lowest BCUT2D eigenvalue weighted by molar-refractivity contribution is 0.252. The molecule has 4 N–H and O–H groups in total. The molecule has 8 heteroatoms. The monoisotopic (exact) mass is 324 g/mol. The molecule has 122 valence electrons. The van der Waals surface area contributed by atoms with Crippen LogP contribution in [-0.4, -0.2) is 32.7 Å². The molecule has 0 aliphatic carbocycles. The largest absolute Gasteiger partial charge is 0.338 e. The second-order valence-electron chi connectivity index (χ2n) is 5.05. The van der Waals surface area contributed by atoms with E-state index in [0.29, 0.717) is 18.1 Å². The Kier molecular flexibility index (Phi) is 4.37. The number of H-pyrrole nitrogens is 2. The predicted octanol–water partition coefficient (Wildman–Crippen LogP) is 1.97. The number of nitrogens with one attached hydrogen (secondary N) is 4. The van der Waals surface area contributed by atoms with E-state index in [1.54, 1.807) is 24.7 Å². The molecule has 0 unspecified atom stereocenters. The molecular weight excluding hydrogens is 308 g/mol. The van der Waals surface area contributed by atoms with E-state index in [4.69, 9.17) is 0 Å². The van der Waals surface area contributed by atoms with Crippen LogP contribution in [0.15, 0.2) is 47.7 Å². The number of rotatable bonds is 4. The minimum atomic E-state index is -0.294. The van der Waals surface area contributed by atoms with Gasteiger partial charge in [0.15, 0.2) is 0 Å². The van der Waals surface area contributed by atoms with Crippen molar-refractivity contribution in [2.75, 3.05) is 11.9 Å². The van der Waals surface area contributed by atoms with Gasteiger partial charge >= 0.3 is 6.03 Å². The van der Waals surface area contributed by atoms with Gasteiger partial charge in [-0.15, -0.1) is 0 Å². The molecule has 0 spiro atoms. The average Bonchev–Trinajstić information content (AvgIpc) is 3.02. The van der Waals surface area contributed by atoms with Crippen molar-refractivity contribution in [2.24, 2.45) is 0 Å². The van der Waals surface area contributed by atoms with Gasteiger partial charge in [-0.3, -0.25) is 25.3 Å². The number of hydrogen-bond acceptors (Lipinski definition) is 4. The Bertz CT molecular complexity index is 897. The zero-order valence-corrected chi connectivity index (χ0v) is 13.0. The van der Waals surface area contributed by atoms with Crippen molar-refractivity contribution >= 4 is 11.8 Å². The minimum absolute atomic E-state index is 0.196. The Labute approximate surface area is 137 Å². The molecule has 3 aromatic heterocycles. The van der Waals surface area contributed by atoms with Gasteiger partial charge in [0, 0.05) is 47.9 Å². The number of carbonyl (C=O) groups excluding carboxylic acids is 1. The SMILES string of the molecule is CCNC(=O)Nc1ccc(-c2cncc(-c3cc(=O)[nH][nH]3)c2)cn1. The molecule has 0 aromatic carbocycles. The van der Waals surface area contributed by atoms with Gasteiger partial charge in [0.1, 0.15) is 5.82 Å². The van der Waals surface area contributed by atoms with E-state index in [1.807, 2.05) is 19.1 Å². The van der Waals surface area contributed by atoms with E-state index in [-0.39, 0.29) is 11.6 Å². The van der Waals surface area contributed by atoms with Crippen LogP contribution in [0.25, 0.3) is 22.4 Å². The highest BCUT2D eigenvalue weighted by molar-refractivity contribution is 5.88. The van der Waals surface area contributed by atoms with Gasteiger partial charge in [0.25, 0.3) is 5.56 Å². The number of aromatic nitrogens is 4. The van der Waals surface area contributed by atoms with Gasteiger partial charge in [0.2, 0.25) is 0 Å². The van der Waals surface area contributed by atoms with Crippen molar-refractivity contribution in [3.8, 4) is 22.4 Å². The number of urea groups is 1. The molecule has 24 heavy (non-hydrogen) atoms. The molecule has 0 aliphatic rings. The topological polar surface area (TPSA) is 116 Å². The predicted molar refractivity (Wildman–Crippen MR) is 90.6 cm³/mol. The second-order valence-corrected chi connectivity index (χ2v) is 5.05. The first-order valence-electron chi connectivity index (χ1n) is 7.40. The summed E-state index contributed by atoms with van der Waals surface area (Å²) in [6.07, 6.45) is 5.03. The lowest BCUT2D eigenvalue weighted by atomic mass is 10.1. The molecule has 0 fully saturated rings. The maximum atomic E-state index is 11.5. The van der Waals surface area contributed by atoms with Crippen LogP contribution in [0.2, 0.25) is 0 Å². The van der Waals surface area contributed by atoms with Crippen LogP contribution in [0.3, 0.4) is 0 Å². The Morgan fingerprint density at radius 2 is 1.92 bits per heavy atom. The van der Waals surface area contributed by atoms with Crippen LogP contribution in [0.5, 0.6) is 0 Å². The van der Waals surface area contributed by atoms with E-state index < -0.39 is 0 Å². The first kappa shape index (κ1) is 15.5. The average molecular weight is 324 g/mol. The molecule has 2 amide bonds. The summed E-state index contributed by atoms with van der Waals surface area (Å²) in [5.41, 5.74) is 2.96. The quantitative estimate of drug-likeness (QED) is 0.587. The Hall–Kier alpha value is -3.42. The Morgan fingerprint density at radius 3 is 2.58 bits per heavy atom. The van der Waals surface area contributed by atoms with Crippen molar-refractivity contribution in [1.29, 1.82) is 0 Å². The fourth-order valence-electron chi connectivity index (χ4n) is 2.19. The maximum absolute atomic E-state index is 11.5. The Morgan fingerprint density at radius 1 is 1.08 bits per heavy atom. The van der Waals surface area contributed by atoms with E-state index in [0.717, 1.165) is 16.7 Å². The van der Waals surface area contributed by atoms with Gasteiger partial charge < -0.3 is 5.32 Å². The molecule has 3 heterocycles. The third-order valence-corrected chi connectivity index (χ3v) is 3.32. The number of nitrogens with zero attached hydrogens (tertiary/aromatic N) is 2. The van der Waals surface area contributed by atoms with Gasteiger partial charge in [-0.05, 0) is 25.1 Å². The molecular formula is C16H16N6O2. The van der Waals surface area contributed by atoms with Gasteiger partial charge in [-0.1, -0.05) is 0 Å². The van der Waals surface area contributed by atoms with Crippen LogP contribution in [0.4, 0.5) is 10.6 Å². The summed E-state index contributed by atoms with van der Waals surface area (Å²) in [6.45, 7) is 2.39. The second kappa shape index (κ2) is 6.78. The van der Waals surface area contributed by atoms with E-state index in [2.05, 4.69) is 30.8 Å². The van der Waals surface area contributed by atoms with E-state index >= 15 is 0 Å². The van der Waals surface area contributed by atoms with Gasteiger partial charge in [-0.2, -0.15) is 0 Å². The van der Waals surface area contributed by atoms with Crippen LogP contribution in [0.1, 0.15) is 6.92 Å². The van der Waals surface area contributed by atoms with Gasteiger partial charge in [-0.25, -0.2) is 9.78 Å². The summed E-state index contributed by atoms with van der Waals surface area (Å²) >= 11 is 0. The summed E-state index contributed by atoms with van der Waals surface area (Å²) in [6, 6.07) is 6.64. The molecule has 0 aliphatic heterocycles. The lowest BCUT2D eigenvalue weighted by Gasteiger charge is -2.07. The van der Waals surface area contributed by atoms with Crippen LogP contribution >= 0.6 is 0 Å². The molecule has 0 saturated carbocycles. The van der Waals surface area contributed by atoms with Crippen molar-refractivity contribution in [3.05, 3.63) is 53.2 Å². The van der Waals surface area contributed by atoms with Crippen molar-refractivity contribution in [2.45, 2.75) is 6.92 Å². The standard InChI is InChI=1S/C16H16N6O2/c1-2-18-16(24)20-14-4-3-10(9-19-14)11-5-12(8-17-7-11)13-6-15(23)22-21-13/h3-9H,2H2,1H3,(H2,21,22,23)(H2,18,19,20,24). The summed E-state index contributed by atoms with van der Waals surface area (Å²) in [7, 11) is 0. The van der Waals surface area contributed by atoms with E-state index in [9.17, 15) is 9.59 Å². The highest BCUT2D eigenvalue weighted by atomic mass is 16.2. The summed E-state index contributed by atoms with van der Waals surface area (Å²) in [4.78, 5) is 31.1. The smallest absolute Gasteiger partial charge is 0.320 e. The fourth-order valence-corrected chi connectivity index (χ4v) is 2.19. The summed E-state index contributed by atoms with van der Waals surface area (Å²) in [5, 5.41) is 10.6. The first-order valence-corrected chi connectivity index (χ1v) is 7.40. The molecule has 8 nitrogen and oxygen atoms in total. The number of pyridine rings is 2. The minimum Gasteiger partial charge on any atom is -0.338 e. The maximum Gasteiger partial charge on any atom is 0.320 e. The summed E-state index contributed by atoms with van der Waals surface area (Å²) in [5.74, 6) is 0.462. The third kappa shape index (κ3) is 3.49. The number of carbonyl (C=O) groups is 1. The first-order chi connectivity index (χ1) is 11.7. The number of anilines is 1. The van der Waals surface area contributed by atoms with Crippen LogP contribution < -0.4 is 16.2 Å². The molecule has 0 radical (unpaired) electrons. The van der Waals surface area contributed by atoms with E-state index in [1.165, 1.54) is 6.07 Å². The zero-order chi connectivity index (χ0) is 16.9. The van der Waals surface area contributed by atoms with Crippen molar-refractivity contribution < 1.29 is 4.79 Å². The fraction of sp³-hybridized carbons (Fsp3) is 0.125. The lowest BCUT2D eigenvalue weighted by Crippen LogP contribution is -2.28. The molecule has 3 aromatic rings. The Balaban J connectivity index is 1.82. The van der Waals surface area contributed by atoms with Crippen LogP contribution in [-0.2, 0) is 0 Å². The highest BCUT2D eigenvalue weighted by Gasteiger charge is 2.06. The highest BCUT2D eigenvalue weighted by Crippen LogP contribution is 2.23. The molecule has 0 saturated heterocycles. The van der Waals surface area contributed by atoms with Crippen molar-refractivity contribution in [1.82, 2.24) is 25.5 Å². The number of aromatic amines is 2. The van der Waals surface area contributed by atoms with Gasteiger partial charge in [0.05, 0.1) is 5.69 Å². The molecule has 3 rings (SSSR count). The normalized spacial score (nSPS) is 10.4. The number of amides is 2. The molecule has 0 atom stereocenters. The molecule has 0 bridgehead atoms. The van der Waals surface area contributed by atoms with Crippen molar-refractivity contribution in [3.63, 3.8) is 0 Å². The third-order valence-electron chi connectivity index (χ3n) is 3.32.